The number of nitrogens with zero attached hydrogens (tertiary/aromatic N) is 2. The smallest absolute Gasteiger partial charge is 0.327 e. The average molecular weight is 449 g/mol. The standard InChI is InChI=1S/C26H28N2O5/c1-27-23(29)20-21(24(27)30)26(25(31)33-3)14-4-5-15-28(26)22(20)18-8-6-16(7-9-18)17-10-12-19(32-2)13-11-17/h6-13,20-22H,4-5,14-15H2,1-3H3/t20?,21?,22?,26-/m0/s1. The van der Waals surface area contributed by atoms with Gasteiger partial charge in [0.25, 0.3) is 0 Å². The van der Waals surface area contributed by atoms with Gasteiger partial charge in [0.05, 0.1) is 26.1 Å². The highest BCUT2D eigenvalue weighted by atomic mass is 16.5. The lowest BCUT2D eigenvalue weighted by Gasteiger charge is -2.44. The third-order valence-electron chi connectivity index (χ3n) is 7.70. The van der Waals surface area contributed by atoms with Gasteiger partial charge in [-0.25, -0.2) is 0 Å². The second kappa shape index (κ2) is 7.99. The number of methoxy groups -OCH3 is 2. The molecule has 0 radical (unpaired) electrons. The minimum Gasteiger partial charge on any atom is -0.497 e. The Hall–Kier alpha value is -3.19. The van der Waals surface area contributed by atoms with Crippen LogP contribution in [0.2, 0.25) is 0 Å². The second-order valence-corrected chi connectivity index (χ2v) is 9.10. The molecule has 3 saturated heterocycles. The van der Waals surface area contributed by atoms with Gasteiger partial charge in [-0.3, -0.25) is 24.2 Å². The predicted octanol–water partition coefficient (Wildman–Crippen LogP) is 3.05. The van der Waals surface area contributed by atoms with Crippen LogP contribution in [-0.4, -0.2) is 60.9 Å². The number of carbonyl (C=O) groups is 3. The monoisotopic (exact) mass is 448 g/mol. The van der Waals surface area contributed by atoms with Crippen molar-refractivity contribution in [3.63, 3.8) is 0 Å². The number of imide groups is 1. The van der Waals surface area contributed by atoms with Gasteiger partial charge in [-0.1, -0.05) is 36.4 Å². The van der Waals surface area contributed by atoms with Crippen LogP contribution in [0.4, 0.5) is 0 Å². The van der Waals surface area contributed by atoms with Gasteiger partial charge in [-0.15, -0.1) is 0 Å². The van der Waals surface area contributed by atoms with E-state index in [2.05, 4.69) is 4.90 Å². The average Bonchev–Trinajstić information content (AvgIpc) is 3.30. The van der Waals surface area contributed by atoms with Crippen molar-refractivity contribution >= 4 is 17.8 Å². The van der Waals surface area contributed by atoms with Crippen molar-refractivity contribution in [1.82, 2.24) is 9.80 Å². The third-order valence-corrected chi connectivity index (χ3v) is 7.70. The van der Waals surface area contributed by atoms with Crippen molar-refractivity contribution in [3.05, 3.63) is 54.1 Å². The fourth-order valence-corrected chi connectivity index (χ4v) is 6.16. The first kappa shape index (κ1) is 21.6. The number of hydrogen-bond donors (Lipinski definition) is 0. The van der Waals surface area contributed by atoms with Gasteiger partial charge in [0.2, 0.25) is 11.8 Å². The molecule has 5 rings (SSSR count). The highest BCUT2D eigenvalue weighted by Gasteiger charge is 2.72. The normalized spacial score (nSPS) is 29.1. The molecule has 0 spiro atoms. The highest BCUT2D eigenvalue weighted by molar-refractivity contribution is 6.09. The van der Waals surface area contributed by atoms with Crippen LogP contribution in [0.1, 0.15) is 30.9 Å². The van der Waals surface area contributed by atoms with E-state index >= 15 is 0 Å². The van der Waals surface area contributed by atoms with Crippen LogP contribution in [0.5, 0.6) is 5.75 Å². The number of hydrogen-bond acceptors (Lipinski definition) is 6. The zero-order chi connectivity index (χ0) is 23.3. The highest BCUT2D eigenvalue weighted by Crippen LogP contribution is 2.58. The Kier molecular flexibility index (Phi) is 5.24. The van der Waals surface area contributed by atoms with E-state index < -0.39 is 23.3 Å². The van der Waals surface area contributed by atoms with E-state index in [9.17, 15) is 14.4 Å². The molecule has 0 aliphatic carbocycles. The SMILES string of the molecule is COC(=O)[C@@]12CCCCN1C(c1ccc(-c3ccc(OC)cc3)cc1)C1C(=O)N(C)C(=O)C12. The number of carbonyl (C=O) groups excluding carboxylic acids is 3. The van der Waals surface area contributed by atoms with E-state index in [4.69, 9.17) is 9.47 Å². The molecule has 3 heterocycles. The topological polar surface area (TPSA) is 76.2 Å². The molecule has 3 fully saturated rings. The lowest BCUT2D eigenvalue weighted by molar-refractivity contribution is -0.163. The Labute approximate surface area is 193 Å². The van der Waals surface area contributed by atoms with E-state index in [1.807, 2.05) is 48.5 Å². The van der Waals surface area contributed by atoms with Crippen LogP contribution >= 0.6 is 0 Å². The van der Waals surface area contributed by atoms with Gasteiger partial charge < -0.3 is 9.47 Å². The van der Waals surface area contributed by atoms with E-state index in [0.717, 1.165) is 35.3 Å². The van der Waals surface area contributed by atoms with Gasteiger partial charge in [0.15, 0.2) is 0 Å². The molecule has 0 bridgehead atoms. The molecular formula is C26H28N2O5. The number of likely N-dealkylation sites (tertiary alicyclic amines) is 1. The maximum atomic E-state index is 13.2. The Bertz CT molecular complexity index is 1100. The summed E-state index contributed by atoms with van der Waals surface area (Å²) in [6.07, 6.45) is 2.26. The molecule has 172 valence electrons. The number of ether oxygens (including phenoxy) is 2. The van der Waals surface area contributed by atoms with E-state index in [0.29, 0.717) is 13.0 Å². The van der Waals surface area contributed by atoms with Crippen LogP contribution in [0.3, 0.4) is 0 Å². The molecule has 7 heteroatoms. The van der Waals surface area contributed by atoms with Crippen LogP contribution in [-0.2, 0) is 19.1 Å². The lowest BCUT2D eigenvalue weighted by atomic mass is 9.75. The molecule has 3 unspecified atom stereocenters. The maximum absolute atomic E-state index is 13.2. The molecule has 4 atom stereocenters. The first-order chi connectivity index (χ1) is 15.9. The maximum Gasteiger partial charge on any atom is 0.327 e. The minimum atomic E-state index is -1.09. The van der Waals surface area contributed by atoms with E-state index in [1.54, 1.807) is 7.11 Å². The number of rotatable bonds is 4. The van der Waals surface area contributed by atoms with Crippen molar-refractivity contribution in [2.45, 2.75) is 30.8 Å². The molecule has 0 saturated carbocycles. The van der Waals surface area contributed by atoms with Crippen molar-refractivity contribution in [2.24, 2.45) is 11.8 Å². The zero-order valence-electron chi connectivity index (χ0n) is 19.1. The fraction of sp³-hybridized carbons (Fsp3) is 0.423. The number of amides is 2. The summed E-state index contributed by atoms with van der Waals surface area (Å²) in [6.45, 7) is 0.650. The molecular weight excluding hydrogens is 420 g/mol. The summed E-state index contributed by atoms with van der Waals surface area (Å²) in [5.41, 5.74) is 1.95. The summed E-state index contributed by atoms with van der Waals surface area (Å²) in [7, 11) is 4.52. The van der Waals surface area contributed by atoms with Crippen molar-refractivity contribution in [2.75, 3.05) is 27.8 Å². The summed E-state index contributed by atoms with van der Waals surface area (Å²) < 4.78 is 10.5. The zero-order valence-corrected chi connectivity index (χ0v) is 19.1. The summed E-state index contributed by atoms with van der Waals surface area (Å²) in [6, 6.07) is 15.6. The number of esters is 1. The van der Waals surface area contributed by atoms with Gasteiger partial charge in [0.1, 0.15) is 11.3 Å². The fourth-order valence-electron chi connectivity index (χ4n) is 6.16. The molecule has 2 aromatic carbocycles. The predicted molar refractivity (Wildman–Crippen MR) is 121 cm³/mol. The van der Waals surface area contributed by atoms with E-state index in [-0.39, 0.29) is 17.9 Å². The number of benzene rings is 2. The molecule has 3 aliphatic rings. The summed E-state index contributed by atoms with van der Waals surface area (Å²) in [4.78, 5) is 42.9. The minimum absolute atomic E-state index is 0.216. The van der Waals surface area contributed by atoms with Crippen LogP contribution in [0.25, 0.3) is 11.1 Å². The van der Waals surface area contributed by atoms with Crippen molar-refractivity contribution < 1.29 is 23.9 Å². The molecule has 0 aromatic heterocycles. The first-order valence-corrected chi connectivity index (χ1v) is 11.3. The van der Waals surface area contributed by atoms with Gasteiger partial charge in [0, 0.05) is 13.1 Å². The summed E-state index contributed by atoms with van der Waals surface area (Å²) in [5, 5.41) is 0. The van der Waals surface area contributed by atoms with Crippen LogP contribution < -0.4 is 4.74 Å². The molecule has 7 nitrogen and oxygen atoms in total. The third kappa shape index (κ3) is 3.02. The molecule has 2 aromatic rings. The quantitative estimate of drug-likeness (QED) is 0.529. The molecule has 3 aliphatic heterocycles. The number of piperidine rings is 1. The van der Waals surface area contributed by atoms with Crippen molar-refractivity contribution in [3.8, 4) is 16.9 Å². The Morgan fingerprint density at radius 1 is 0.939 bits per heavy atom. The van der Waals surface area contributed by atoms with Gasteiger partial charge >= 0.3 is 5.97 Å². The number of fused-ring (bicyclic) bond motifs is 3. The van der Waals surface area contributed by atoms with Gasteiger partial charge in [-0.05, 0) is 54.6 Å². The second-order valence-electron chi connectivity index (χ2n) is 9.10. The Balaban J connectivity index is 1.57. The van der Waals surface area contributed by atoms with Crippen LogP contribution in [0, 0.1) is 11.8 Å². The van der Waals surface area contributed by atoms with E-state index in [1.165, 1.54) is 19.1 Å². The Morgan fingerprint density at radius 3 is 2.18 bits per heavy atom. The summed E-state index contributed by atoms with van der Waals surface area (Å²) in [5.74, 6) is -1.41. The molecule has 2 amide bonds. The van der Waals surface area contributed by atoms with Crippen LogP contribution in [0.15, 0.2) is 48.5 Å². The van der Waals surface area contributed by atoms with Gasteiger partial charge in [-0.2, -0.15) is 0 Å². The Morgan fingerprint density at radius 2 is 1.58 bits per heavy atom. The van der Waals surface area contributed by atoms with Crippen molar-refractivity contribution in [1.29, 1.82) is 0 Å². The first-order valence-electron chi connectivity index (χ1n) is 11.3. The molecule has 33 heavy (non-hydrogen) atoms. The lowest BCUT2D eigenvalue weighted by Crippen LogP contribution is -2.59. The largest absolute Gasteiger partial charge is 0.497 e. The molecule has 0 N–H and O–H groups in total. The summed E-state index contributed by atoms with van der Waals surface area (Å²) >= 11 is 0.